The summed E-state index contributed by atoms with van der Waals surface area (Å²) in [7, 11) is 1.47. The molecule has 1 aromatic carbocycles. The predicted molar refractivity (Wildman–Crippen MR) is 67.9 cm³/mol. The number of ether oxygens (including phenoxy) is 1. The zero-order chi connectivity index (χ0) is 12.4. The summed E-state index contributed by atoms with van der Waals surface area (Å²) >= 11 is 0. The molecule has 1 saturated carbocycles. The number of rotatable bonds is 4. The minimum atomic E-state index is -0.0323. The van der Waals surface area contributed by atoms with Crippen molar-refractivity contribution in [2.24, 2.45) is 11.8 Å². The Balaban J connectivity index is 1.83. The van der Waals surface area contributed by atoms with Gasteiger partial charge in [0.1, 0.15) is 0 Å². The van der Waals surface area contributed by atoms with Crippen LogP contribution in [0.25, 0.3) is 0 Å². The van der Waals surface area contributed by atoms with Gasteiger partial charge in [-0.05, 0) is 55.7 Å². The van der Waals surface area contributed by atoms with Gasteiger partial charge in [-0.2, -0.15) is 0 Å². The molecule has 2 atom stereocenters. The Kier molecular flexibility index (Phi) is 3.51. The van der Waals surface area contributed by atoms with E-state index in [4.69, 9.17) is 4.74 Å². The Morgan fingerprint density at radius 3 is 2.76 bits per heavy atom. The molecular formula is C15H20O2. The van der Waals surface area contributed by atoms with E-state index >= 15 is 0 Å². The van der Waals surface area contributed by atoms with Gasteiger partial charge < -0.3 is 4.74 Å². The summed E-state index contributed by atoms with van der Waals surface area (Å²) in [4.78, 5) is 11.3. The number of hydrogen-bond donors (Lipinski definition) is 0. The van der Waals surface area contributed by atoms with Crippen molar-refractivity contribution in [2.45, 2.75) is 33.1 Å². The second kappa shape index (κ2) is 4.91. The molecule has 0 aliphatic heterocycles. The minimum Gasteiger partial charge on any atom is -0.469 e. The highest BCUT2D eigenvalue weighted by atomic mass is 16.5. The highest BCUT2D eigenvalue weighted by molar-refractivity contribution is 5.75. The first-order chi connectivity index (χ1) is 8.11. The molecule has 0 spiro atoms. The van der Waals surface area contributed by atoms with Crippen LogP contribution in [0.3, 0.4) is 0 Å². The second-order valence-corrected chi connectivity index (χ2v) is 5.08. The van der Waals surface area contributed by atoms with E-state index in [0.717, 1.165) is 19.3 Å². The molecule has 0 aromatic heterocycles. The first-order valence-corrected chi connectivity index (χ1v) is 6.25. The van der Waals surface area contributed by atoms with Gasteiger partial charge >= 0.3 is 5.97 Å². The molecule has 1 aliphatic carbocycles. The molecule has 2 unspecified atom stereocenters. The largest absolute Gasteiger partial charge is 0.469 e. The van der Waals surface area contributed by atoms with E-state index in [1.165, 1.54) is 23.8 Å². The Hall–Kier alpha value is -1.31. The molecule has 2 rings (SSSR count). The molecule has 1 fully saturated rings. The van der Waals surface area contributed by atoms with E-state index in [2.05, 4.69) is 32.0 Å². The zero-order valence-electron chi connectivity index (χ0n) is 10.8. The summed E-state index contributed by atoms with van der Waals surface area (Å²) in [6.07, 6.45) is 3.18. The third-order valence-corrected chi connectivity index (χ3v) is 3.80. The van der Waals surface area contributed by atoms with Crippen LogP contribution in [-0.2, 0) is 16.0 Å². The van der Waals surface area contributed by atoms with Crippen LogP contribution in [-0.4, -0.2) is 13.1 Å². The summed E-state index contributed by atoms with van der Waals surface area (Å²) in [5.41, 5.74) is 4.07. The van der Waals surface area contributed by atoms with Crippen LogP contribution in [0, 0.1) is 25.7 Å². The molecule has 2 heteroatoms. The Morgan fingerprint density at radius 1 is 1.35 bits per heavy atom. The van der Waals surface area contributed by atoms with Crippen molar-refractivity contribution in [1.29, 1.82) is 0 Å². The lowest BCUT2D eigenvalue weighted by atomic mass is 10.0. The molecule has 2 nitrogen and oxygen atoms in total. The summed E-state index contributed by atoms with van der Waals surface area (Å²) < 4.78 is 4.75. The van der Waals surface area contributed by atoms with Crippen molar-refractivity contribution < 1.29 is 9.53 Å². The van der Waals surface area contributed by atoms with Crippen LogP contribution in [0.1, 0.15) is 29.5 Å². The summed E-state index contributed by atoms with van der Waals surface area (Å²) in [5, 5.41) is 0. The molecule has 0 saturated heterocycles. The normalized spacial score (nSPS) is 22.3. The smallest absolute Gasteiger partial charge is 0.308 e. The van der Waals surface area contributed by atoms with Gasteiger partial charge in [-0.15, -0.1) is 0 Å². The van der Waals surface area contributed by atoms with Gasteiger partial charge in [0.15, 0.2) is 0 Å². The molecule has 0 heterocycles. The minimum absolute atomic E-state index is 0.0323. The number of benzene rings is 1. The lowest BCUT2D eigenvalue weighted by Crippen LogP contribution is -2.04. The monoisotopic (exact) mass is 232 g/mol. The highest BCUT2D eigenvalue weighted by Gasteiger charge is 2.43. The quantitative estimate of drug-likeness (QED) is 0.746. The van der Waals surface area contributed by atoms with Gasteiger partial charge in [-0.25, -0.2) is 0 Å². The summed E-state index contributed by atoms with van der Waals surface area (Å²) in [6.45, 7) is 4.28. The number of methoxy groups -OCH3 is 1. The van der Waals surface area contributed by atoms with Gasteiger partial charge in [0, 0.05) is 0 Å². The van der Waals surface area contributed by atoms with E-state index in [9.17, 15) is 4.79 Å². The fourth-order valence-electron chi connectivity index (χ4n) is 2.32. The number of hydrogen-bond acceptors (Lipinski definition) is 2. The molecule has 1 aromatic rings. The maximum Gasteiger partial charge on any atom is 0.308 e. The van der Waals surface area contributed by atoms with Crippen LogP contribution in [0.4, 0.5) is 0 Å². The van der Waals surface area contributed by atoms with Crippen molar-refractivity contribution in [3.63, 3.8) is 0 Å². The maximum atomic E-state index is 11.3. The zero-order valence-corrected chi connectivity index (χ0v) is 10.8. The lowest BCUT2D eigenvalue weighted by Gasteiger charge is -2.05. The molecule has 0 radical (unpaired) electrons. The summed E-state index contributed by atoms with van der Waals surface area (Å²) in [5.74, 6) is 0.686. The second-order valence-electron chi connectivity index (χ2n) is 5.08. The van der Waals surface area contributed by atoms with E-state index in [1.807, 2.05) is 0 Å². The topological polar surface area (TPSA) is 26.3 Å². The third-order valence-electron chi connectivity index (χ3n) is 3.80. The third kappa shape index (κ3) is 2.87. The van der Waals surface area contributed by atoms with Crippen molar-refractivity contribution in [3.05, 3.63) is 34.9 Å². The van der Waals surface area contributed by atoms with Crippen molar-refractivity contribution in [2.75, 3.05) is 7.11 Å². The Morgan fingerprint density at radius 2 is 2.12 bits per heavy atom. The molecule has 0 N–H and O–H groups in total. The number of aryl methyl sites for hydroxylation is 3. The van der Waals surface area contributed by atoms with Gasteiger partial charge in [0.05, 0.1) is 13.0 Å². The van der Waals surface area contributed by atoms with Gasteiger partial charge in [0.2, 0.25) is 0 Å². The average molecular weight is 232 g/mol. The number of esters is 1. The molecule has 0 amide bonds. The fourth-order valence-corrected chi connectivity index (χ4v) is 2.32. The van der Waals surface area contributed by atoms with Gasteiger partial charge in [-0.1, -0.05) is 18.2 Å². The number of carbonyl (C=O) groups is 1. The predicted octanol–water partition coefficient (Wildman–Crippen LogP) is 3.05. The fraction of sp³-hybridized carbons (Fsp3) is 0.533. The van der Waals surface area contributed by atoms with E-state index in [0.29, 0.717) is 5.92 Å². The standard InChI is InChI=1S/C15H20O2/c1-10-4-5-12(8-11(10)2)6-7-13-9-14(13)15(16)17-3/h4-5,8,13-14H,6-7,9H2,1-3H3. The van der Waals surface area contributed by atoms with Crippen LogP contribution < -0.4 is 0 Å². The summed E-state index contributed by atoms with van der Waals surface area (Å²) in [6, 6.07) is 6.62. The SMILES string of the molecule is COC(=O)C1CC1CCc1ccc(C)c(C)c1. The van der Waals surface area contributed by atoms with Gasteiger partial charge in [0.25, 0.3) is 0 Å². The highest BCUT2D eigenvalue weighted by Crippen LogP contribution is 2.42. The van der Waals surface area contributed by atoms with E-state index < -0.39 is 0 Å². The van der Waals surface area contributed by atoms with Crippen LogP contribution in [0.15, 0.2) is 18.2 Å². The lowest BCUT2D eigenvalue weighted by molar-refractivity contribution is -0.142. The average Bonchev–Trinajstić information content (AvgIpc) is 3.09. The Bertz CT molecular complexity index is 423. The van der Waals surface area contributed by atoms with Crippen LogP contribution >= 0.6 is 0 Å². The van der Waals surface area contributed by atoms with Crippen LogP contribution in [0.2, 0.25) is 0 Å². The van der Waals surface area contributed by atoms with E-state index in [-0.39, 0.29) is 11.9 Å². The molecular weight excluding hydrogens is 212 g/mol. The number of carbonyl (C=O) groups excluding carboxylic acids is 1. The van der Waals surface area contributed by atoms with Crippen LogP contribution in [0.5, 0.6) is 0 Å². The molecule has 0 bridgehead atoms. The molecule has 17 heavy (non-hydrogen) atoms. The van der Waals surface area contributed by atoms with E-state index in [1.54, 1.807) is 0 Å². The maximum absolute atomic E-state index is 11.3. The molecule has 92 valence electrons. The van der Waals surface area contributed by atoms with Crippen molar-refractivity contribution in [3.8, 4) is 0 Å². The first kappa shape index (κ1) is 12.2. The Labute approximate surface area is 103 Å². The molecule has 1 aliphatic rings. The van der Waals surface area contributed by atoms with Crippen molar-refractivity contribution in [1.82, 2.24) is 0 Å². The van der Waals surface area contributed by atoms with Crippen molar-refractivity contribution >= 4 is 5.97 Å². The van der Waals surface area contributed by atoms with Gasteiger partial charge in [-0.3, -0.25) is 4.79 Å². The first-order valence-electron chi connectivity index (χ1n) is 6.25.